The van der Waals surface area contributed by atoms with Crippen LogP contribution in [-0.4, -0.2) is 42.9 Å². The molecule has 0 aromatic heterocycles. The second kappa shape index (κ2) is 8.15. The van der Waals surface area contributed by atoms with E-state index in [0.29, 0.717) is 37.6 Å². The average Bonchev–Trinajstić information content (AvgIpc) is 2.52. The molecule has 1 unspecified atom stereocenters. The number of hydrogen-bond donors (Lipinski definition) is 2. The zero-order chi connectivity index (χ0) is 15.9. The molecule has 2 rings (SSSR count). The number of rotatable bonds is 5. The van der Waals surface area contributed by atoms with Crippen LogP contribution in [0.4, 0.5) is 0 Å². The van der Waals surface area contributed by atoms with Crippen LogP contribution >= 0.6 is 11.6 Å². The predicted octanol–water partition coefficient (Wildman–Crippen LogP) is 1.20. The molecular weight excluding hydrogens is 302 g/mol. The molecule has 0 spiro atoms. The van der Waals surface area contributed by atoms with Crippen molar-refractivity contribution in [3.8, 4) is 0 Å². The molecule has 1 saturated heterocycles. The minimum atomic E-state index is -0.136. The molecule has 1 aliphatic heterocycles. The highest BCUT2D eigenvalue weighted by Gasteiger charge is 2.28. The summed E-state index contributed by atoms with van der Waals surface area (Å²) in [5.41, 5.74) is 6.29. The number of carbonyl (C=O) groups is 2. The van der Waals surface area contributed by atoms with Gasteiger partial charge >= 0.3 is 0 Å². The maximum Gasteiger partial charge on any atom is 0.227 e. The van der Waals surface area contributed by atoms with Crippen LogP contribution in [-0.2, 0) is 16.0 Å². The monoisotopic (exact) mass is 323 g/mol. The van der Waals surface area contributed by atoms with E-state index in [1.807, 2.05) is 12.1 Å². The third-order valence-corrected chi connectivity index (χ3v) is 4.07. The van der Waals surface area contributed by atoms with Gasteiger partial charge in [0.2, 0.25) is 11.8 Å². The molecule has 22 heavy (non-hydrogen) atoms. The van der Waals surface area contributed by atoms with E-state index in [1.54, 1.807) is 17.0 Å². The third-order valence-electron chi connectivity index (χ3n) is 3.83. The number of likely N-dealkylation sites (tertiary alicyclic amines) is 1. The predicted molar refractivity (Wildman–Crippen MR) is 86.5 cm³/mol. The van der Waals surface area contributed by atoms with Crippen LogP contribution < -0.4 is 11.1 Å². The molecule has 1 heterocycles. The highest BCUT2D eigenvalue weighted by molar-refractivity contribution is 6.30. The fraction of sp³-hybridized carbons (Fsp3) is 0.500. The van der Waals surface area contributed by atoms with Crippen molar-refractivity contribution in [1.29, 1.82) is 0 Å². The second-order valence-electron chi connectivity index (χ2n) is 5.57. The number of piperidine rings is 1. The van der Waals surface area contributed by atoms with Crippen molar-refractivity contribution >= 4 is 23.4 Å². The van der Waals surface area contributed by atoms with E-state index < -0.39 is 0 Å². The summed E-state index contributed by atoms with van der Waals surface area (Å²) in [5.74, 6) is -0.104. The Morgan fingerprint density at radius 2 is 2.23 bits per heavy atom. The van der Waals surface area contributed by atoms with Crippen LogP contribution in [0.3, 0.4) is 0 Å². The quantitative estimate of drug-likeness (QED) is 0.855. The lowest BCUT2D eigenvalue weighted by Crippen LogP contribution is -2.46. The van der Waals surface area contributed by atoms with E-state index in [1.165, 1.54) is 0 Å². The Kier molecular flexibility index (Phi) is 6.21. The van der Waals surface area contributed by atoms with Crippen molar-refractivity contribution in [2.24, 2.45) is 11.7 Å². The molecule has 0 radical (unpaired) electrons. The average molecular weight is 324 g/mol. The molecule has 0 saturated carbocycles. The van der Waals surface area contributed by atoms with Gasteiger partial charge in [0.15, 0.2) is 0 Å². The molecule has 2 amide bonds. The van der Waals surface area contributed by atoms with Gasteiger partial charge < -0.3 is 16.0 Å². The van der Waals surface area contributed by atoms with Crippen LogP contribution in [0.2, 0.25) is 5.02 Å². The first-order chi connectivity index (χ1) is 10.6. The van der Waals surface area contributed by atoms with Gasteiger partial charge in [-0.25, -0.2) is 0 Å². The van der Waals surface area contributed by atoms with Crippen molar-refractivity contribution in [3.63, 3.8) is 0 Å². The van der Waals surface area contributed by atoms with Crippen molar-refractivity contribution in [2.45, 2.75) is 19.3 Å². The summed E-state index contributed by atoms with van der Waals surface area (Å²) in [4.78, 5) is 26.2. The van der Waals surface area contributed by atoms with Gasteiger partial charge in [-0.2, -0.15) is 0 Å². The second-order valence-corrected chi connectivity index (χ2v) is 6.00. The Balaban J connectivity index is 1.91. The molecule has 1 aromatic carbocycles. The molecule has 1 aliphatic rings. The van der Waals surface area contributed by atoms with Crippen LogP contribution in [0.15, 0.2) is 24.3 Å². The standard InChI is InChI=1S/C16H22ClN3O2/c17-14-5-1-3-12(9-14)10-15(21)20-8-2-4-13(11-20)16(22)19-7-6-18/h1,3,5,9,13H,2,4,6-8,10-11,18H2,(H,19,22). The first kappa shape index (κ1) is 16.8. The fourth-order valence-corrected chi connectivity index (χ4v) is 2.90. The topological polar surface area (TPSA) is 75.4 Å². The van der Waals surface area contributed by atoms with E-state index in [2.05, 4.69) is 5.32 Å². The fourth-order valence-electron chi connectivity index (χ4n) is 2.69. The van der Waals surface area contributed by atoms with Crippen molar-refractivity contribution < 1.29 is 9.59 Å². The van der Waals surface area contributed by atoms with Crippen molar-refractivity contribution in [1.82, 2.24) is 10.2 Å². The molecule has 0 bridgehead atoms. The Bertz CT molecular complexity index is 536. The molecule has 6 heteroatoms. The first-order valence-electron chi connectivity index (χ1n) is 7.60. The molecule has 1 aromatic rings. The number of benzene rings is 1. The third kappa shape index (κ3) is 4.71. The highest BCUT2D eigenvalue weighted by atomic mass is 35.5. The summed E-state index contributed by atoms with van der Waals surface area (Å²) >= 11 is 5.94. The molecule has 120 valence electrons. The lowest BCUT2D eigenvalue weighted by atomic mass is 9.96. The normalized spacial score (nSPS) is 18.1. The molecule has 0 aliphatic carbocycles. The number of nitrogens with one attached hydrogen (secondary N) is 1. The summed E-state index contributed by atoms with van der Waals surface area (Å²) < 4.78 is 0. The maximum atomic E-state index is 12.4. The summed E-state index contributed by atoms with van der Waals surface area (Å²) in [6.07, 6.45) is 1.98. The van der Waals surface area contributed by atoms with Gasteiger partial charge in [-0.1, -0.05) is 23.7 Å². The summed E-state index contributed by atoms with van der Waals surface area (Å²) in [6.45, 7) is 2.09. The van der Waals surface area contributed by atoms with Crippen LogP contribution in [0.1, 0.15) is 18.4 Å². The van der Waals surface area contributed by atoms with Crippen molar-refractivity contribution in [3.05, 3.63) is 34.9 Å². The summed E-state index contributed by atoms with van der Waals surface area (Å²) in [5, 5.41) is 3.43. The van der Waals surface area contributed by atoms with Gasteiger partial charge in [-0.15, -0.1) is 0 Å². The number of nitrogens with zero attached hydrogens (tertiary/aromatic N) is 1. The van der Waals surface area contributed by atoms with Gasteiger partial charge in [0.25, 0.3) is 0 Å². The first-order valence-corrected chi connectivity index (χ1v) is 7.98. The Morgan fingerprint density at radius 1 is 1.41 bits per heavy atom. The van der Waals surface area contributed by atoms with Crippen LogP contribution in [0, 0.1) is 5.92 Å². The number of amides is 2. The summed E-state index contributed by atoms with van der Waals surface area (Å²) in [6, 6.07) is 7.31. The maximum absolute atomic E-state index is 12.4. The molecule has 1 fully saturated rings. The van der Waals surface area contributed by atoms with Gasteiger partial charge in [0.05, 0.1) is 12.3 Å². The zero-order valence-electron chi connectivity index (χ0n) is 12.6. The number of halogens is 1. The van der Waals surface area contributed by atoms with Crippen LogP contribution in [0.5, 0.6) is 0 Å². The Morgan fingerprint density at radius 3 is 2.95 bits per heavy atom. The van der Waals surface area contributed by atoms with Crippen LogP contribution in [0.25, 0.3) is 0 Å². The van der Waals surface area contributed by atoms with E-state index in [-0.39, 0.29) is 17.7 Å². The highest BCUT2D eigenvalue weighted by Crippen LogP contribution is 2.18. The number of nitrogens with two attached hydrogens (primary N) is 1. The lowest BCUT2D eigenvalue weighted by molar-refractivity contribution is -0.135. The van der Waals surface area contributed by atoms with Crippen molar-refractivity contribution in [2.75, 3.05) is 26.2 Å². The number of carbonyl (C=O) groups excluding carboxylic acids is 2. The molecule has 1 atom stereocenters. The van der Waals surface area contributed by atoms with E-state index in [9.17, 15) is 9.59 Å². The smallest absolute Gasteiger partial charge is 0.227 e. The van der Waals surface area contributed by atoms with E-state index >= 15 is 0 Å². The Hall–Kier alpha value is -1.59. The largest absolute Gasteiger partial charge is 0.355 e. The Labute approximate surface area is 135 Å². The van der Waals surface area contributed by atoms with Gasteiger partial charge in [-0.05, 0) is 30.5 Å². The zero-order valence-corrected chi connectivity index (χ0v) is 13.3. The molecular formula is C16H22ClN3O2. The number of hydrogen-bond acceptors (Lipinski definition) is 3. The van der Waals surface area contributed by atoms with Gasteiger partial charge in [0, 0.05) is 31.2 Å². The minimum absolute atomic E-state index is 0.00861. The van der Waals surface area contributed by atoms with Gasteiger partial charge in [0.1, 0.15) is 0 Å². The lowest BCUT2D eigenvalue weighted by Gasteiger charge is -2.32. The van der Waals surface area contributed by atoms with Gasteiger partial charge in [-0.3, -0.25) is 9.59 Å². The van der Waals surface area contributed by atoms with E-state index in [0.717, 1.165) is 18.4 Å². The molecule has 3 N–H and O–H groups in total. The van der Waals surface area contributed by atoms with E-state index in [4.69, 9.17) is 17.3 Å². The SMILES string of the molecule is NCCNC(=O)C1CCCN(C(=O)Cc2cccc(Cl)c2)C1. The minimum Gasteiger partial charge on any atom is -0.355 e. The molecule has 5 nitrogen and oxygen atoms in total. The summed E-state index contributed by atoms with van der Waals surface area (Å²) in [7, 11) is 0.